The molecular formula is C16H33NO. The molecule has 2 nitrogen and oxygen atoms in total. The molecule has 0 bridgehead atoms. The number of allylic oxidation sites excluding steroid dienone is 2. The van der Waals surface area contributed by atoms with Crippen LogP contribution >= 0.6 is 0 Å². The number of nitrogens with one attached hydrogen (secondary N) is 1. The molecule has 0 rings (SSSR count). The number of hydrogen-bond donors (Lipinski definition) is 1. The van der Waals surface area contributed by atoms with E-state index in [9.17, 15) is 0 Å². The van der Waals surface area contributed by atoms with Crippen molar-refractivity contribution in [3.63, 3.8) is 0 Å². The predicted molar refractivity (Wildman–Crippen MR) is 80.7 cm³/mol. The van der Waals surface area contributed by atoms with Gasteiger partial charge in [-0.2, -0.15) is 0 Å². The molecule has 0 amide bonds. The quantitative estimate of drug-likeness (QED) is 0.534. The summed E-state index contributed by atoms with van der Waals surface area (Å²) in [4.78, 5) is 0. The molecule has 0 fully saturated rings. The SMILES string of the molecule is C/C=C(\C)CC(C)CC(C)(C)NCOC(C)(C)C. The first-order valence-electron chi connectivity index (χ1n) is 7.06. The van der Waals surface area contributed by atoms with Crippen LogP contribution in [0.15, 0.2) is 11.6 Å². The van der Waals surface area contributed by atoms with E-state index in [1.807, 2.05) is 0 Å². The van der Waals surface area contributed by atoms with Crippen LogP contribution in [-0.2, 0) is 4.74 Å². The van der Waals surface area contributed by atoms with Gasteiger partial charge in [-0.25, -0.2) is 0 Å². The fourth-order valence-corrected chi connectivity index (χ4v) is 2.13. The van der Waals surface area contributed by atoms with Crippen molar-refractivity contribution in [3.05, 3.63) is 11.6 Å². The molecule has 1 unspecified atom stereocenters. The summed E-state index contributed by atoms with van der Waals surface area (Å²) in [7, 11) is 0. The second-order valence-corrected chi connectivity index (χ2v) is 7.11. The molecule has 108 valence electrons. The van der Waals surface area contributed by atoms with Crippen LogP contribution in [0.5, 0.6) is 0 Å². The van der Waals surface area contributed by atoms with Crippen LogP contribution in [0.25, 0.3) is 0 Å². The lowest BCUT2D eigenvalue weighted by atomic mass is 9.88. The fraction of sp³-hybridized carbons (Fsp3) is 0.875. The Labute approximate surface area is 114 Å². The van der Waals surface area contributed by atoms with Crippen LogP contribution in [0.4, 0.5) is 0 Å². The lowest BCUT2D eigenvalue weighted by molar-refractivity contribution is -0.0239. The predicted octanol–water partition coefficient (Wildman–Crippen LogP) is 4.51. The van der Waals surface area contributed by atoms with Crippen molar-refractivity contribution in [1.82, 2.24) is 5.32 Å². The van der Waals surface area contributed by atoms with Crippen LogP contribution in [-0.4, -0.2) is 17.9 Å². The van der Waals surface area contributed by atoms with Crippen molar-refractivity contribution in [2.24, 2.45) is 5.92 Å². The van der Waals surface area contributed by atoms with E-state index in [1.54, 1.807) is 0 Å². The molecule has 0 heterocycles. The molecule has 0 aromatic heterocycles. The summed E-state index contributed by atoms with van der Waals surface area (Å²) in [5.74, 6) is 0.693. The third-order valence-electron chi connectivity index (χ3n) is 3.08. The first-order valence-corrected chi connectivity index (χ1v) is 7.06. The molecular weight excluding hydrogens is 222 g/mol. The summed E-state index contributed by atoms with van der Waals surface area (Å²) in [5, 5.41) is 3.50. The Balaban J connectivity index is 4.06. The van der Waals surface area contributed by atoms with E-state index < -0.39 is 0 Å². The van der Waals surface area contributed by atoms with E-state index in [2.05, 4.69) is 66.8 Å². The van der Waals surface area contributed by atoms with Crippen LogP contribution in [0, 0.1) is 5.92 Å². The van der Waals surface area contributed by atoms with E-state index in [0.717, 1.165) is 6.42 Å². The zero-order valence-electron chi connectivity index (χ0n) is 13.7. The monoisotopic (exact) mass is 255 g/mol. The zero-order valence-corrected chi connectivity index (χ0v) is 13.7. The maximum Gasteiger partial charge on any atom is 0.0976 e. The van der Waals surface area contributed by atoms with Crippen molar-refractivity contribution in [1.29, 1.82) is 0 Å². The van der Waals surface area contributed by atoms with Crippen molar-refractivity contribution in [2.45, 2.75) is 79.4 Å². The third kappa shape index (κ3) is 9.67. The minimum Gasteiger partial charge on any atom is -0.361 e. The molecule has 1 atom stereocenters. The van der Waals surface area contributed by atoms with Gasteiger partial charge in [-0.3, -0.25) is 5.32 Å². The normalized spacial score (nSPS) is 15.9. The molecule has 0 aromatic rings. The molecule has 0 spiro atoms. The van der Waals surface area contributed by atoms with Crippen LogP contribution in [0.1, 0.15) is 68.2 Å². The van der Waals surface area contributed by atoms with E-state index >= 15 is 0 Å². The van der Waals surface area contributed by atoms with Gasteiger partial charge in [0.1, 0.15) is 0 Å². The van der Waals surface area contributed by atoms with Crippen molar-refractivity contribution >= 4 is 0 Å². The van der Waals surface area contributed by atoms with Gasteiger partial charge in [0.25, 0.3) is 0 Å². The average molecular weight is 255 g/mol. The highest BCUT2D eigenvalue weighted by Crippen LogP contribution is 2.22. The van der Waals surface area contributed by atoms with E-state index in [4.69, 9.17) is 4.74 Å². The largest absolute Gasteiger partial charge is 0.361 e. The second kappa shape index (κ2) is 7.30. The molecule has 0 saturated carbocycles. The highest BCUT2D eigenvalue weighted by molar-refractivity contribution is 4.97. The minimum absolute atomic E-state index is 0.0732. The van der Waals surface area contributed by atoms with E-state index in [-0.39, 0.29) is 11.1 Å². The van der Waals surface area contributed by atoms with Gasteiger partial charge in [0, 0.05) is 5.54 Å². The first kappa shape index (κ1) is 17.7. The van der Waals surface area contributed by atoms with Gasteiger partial charge in [-0.1, -0.05) is 18.6 Å². The summed E-state index contributed by atoms with van der Waals surface area (Å²) < 4.78 is 5.73. The average Bonchev–Trinajstić information content (AvgIpc) is 2.13. The van der Waals surface area contributed by atoms with E-state index in [1.165, 1.54) is 12.0 Å². The molecule has 0 saturated heterocycles. The minimum atomic E-state index is -0.0732. The van der Waals surface area contributed by atoms with Crippen molar-refractivity contribution in [2.75, 3.05) is 6.73 Å². The van der Waals surface area contributed by atoms with Crippen molar-refractivity contribution in [3.8, 4) is 0 Å². The summed E-state index contributed by atoms with van der Waals surface area (Å²) >= 11 is 0. The number of rotatable bonds is 7. The Morgan fingerprint density at radius 3 is 2.22 bits per heavy atom. The topological polar surface area (TPSA) is 21.3 Å². The van der Waals surface area contributed by atoms with Gasteiger partial charge < -0.3 is 4.74 Å². The van der Waals surface area contributed by atoms with Gasteiger partial charge in [-0.05, 0) is 67.2 Å². The number of ether oxygens (including phenoxy) is 1. The summed E-state index contributed by atoms with van der Waals surface area (Å²) in [6, 6.07) is 0. The summed E-state index contributed by atoms with van der Waals surface area (Å²) in [5.41, 5.74) is 1.53. The molecule has 0 aliphatic heterocycles. The van der Waals surface area contributed by atoms with Gasteiger partial charge in [0.05, 0.1) is 12.3 Å². The maximum atomic E-state index is 5.73. The van der Waals surface area contributed by atoms with Crippen LogP contribution in [0.3, 0.4) is 0 Å². The summed E-state index contributed by atoms with van der Waals surface area (Å²) in [6.45, 7) is 18.0. The highest BCUT2D eigenvalue weighted by Gasteiger charge is 2.21. The standard InChI is InChI=1S/C16H33NO/c1-9-13(2)10-14(3)11-16(7,8)17-12-18-15(4,5)6/h9,14,17H,10-12H2,1-8H3/b13-9+. The molecule has 0 aromatic carbocycles. The Bertz CT molecular complexity index is 261. The fourth-order valence-electron chi connectivity index (χ4n) is 2.13. The van der Waals surface area contributed by atoms with Crippen LogP contribution in [0.2, 0.25) is 0 Å². The maximum absolute atomic E-state index is 5.73. The summed E-state index contributed by atoms with van der Waals surface area (Å²) in [6.07, 6.45) is 4.55. The van der Waals surface area contributed by atoms with Gasteiger partial charge in [0.15, 0.2) is 0 Å². The molecule has 0 aliphatic rings. The molecule has 0 aliphatic carbocycles. The molecule has 0 radical (unpaired) electrons. The first-order chi connectivity index (χ1) is 8.06. The molecule has 2 heteroatoms. The van der Waals surface area contributed by atoms with Gasteiger partial charge in [0.2, 0.25) is 0 Å². The lowest BCUT2D eigenvalue weighted by Gasteiger charge is -2.31. The van der Waals surface area contributed by atoms with E-state index in [0.29, 0.717) is 12.6 Å². The molecule has 18 heavy (non-hydrogen) atoms. The Morgan fingerprint density at radius 1 is 1.22 bits per heavy atom. The lowest BCUT2D eigenvalue weighted by Crippen LogP contribution is -2.43. The highest BCUT2D eigenvalue weighted by atomic mass is 16.5. The Kier molecular flexibility index (Phi) is 7.16. The van der Waals surface area contributed by atoms with Gasteiger partial charge >= 0.3 is 0 Å². The van der Waals surface area contributed by atoms with Gasteiger partial charge in [-0.15, -0.1) is 0 Å². The zero-order chi connectivity index (χ0) is 14.4. The smallest absolute Gasteiger partial charge is 0.0976 e. The molecule has 1 N–H and O–H groups in total. The second-order valence-electron chi connectivity index (χ2n) is 7.11. The van der Waals surface area contributed by atoms with Crippen molar-refractivity contribution < 1.29 is 4.74 Å². The number of hydrogen-bond acceptors (Lipinski definition) is 2. The Hall–Kier alpha value is -0.340. The van der Waals surface area contributed by atoms with Crippen LogP contribution < -0.4 is 5.32 Å². The Morgan fingerprint density at radius 2 is 1.78 bits per heavy atom. The third-order valence-corrected chi connectivity index (χ3v) is 3.08.